The van der Waals surface area contributed by atoms with Crippen LogP contribution in [0.1, 0.15) is 39.2 Å². The smallest absolute Gasteiger partial charge is 0.220 e. The van der Waals surface area contributed by atoms with E-state index in [-0.39, 0.29) is 23.9 Å². The predicted octanol–water partition coefficient (Wildman–Crippen LogP) is 2.92. The number of carbonyl (C=O) groups excluding carboxylic acids is 1. The van der Waals surface area contributed by atoms with Crippen molar-refractivity contribution in [3.63, 3.8) is 0 Å². The quantitative estimate of drug-likeness (QED) is 0.813. The third-order valence-electron chi connectivity index (χ3n) is 3.23. The molecule has 0 spiro atoms. The monoisotopic (exact) mass is 298 g/mol. The van der Waals surface area contributed by atoms with E-state index in [9.17, 15) is 4.79 Å². The lowest BCUT2D eigenvalue weighted by Crippen LogP contribution is -2.52. The van der Waals surface area contributed by atoms with Gasteiger partial charge in [-0.1, -0.05) is 44.2 Å². The molecule has 20 heavy (non-hydrogen) atoms. The van der Waals surface area contributed by atoms with E-state index in [2.05, 4.69) is 19.2 Å². The third kappa shape index (κ3) is 6.92. The van der Waals surface area contributed by atoms with Gasteiger partial charge >= 0.3 is 0 Å². The fourth-order valence-electron chi connectivity index (χ4n) is 2.39. The molecule has 1 aromatic carbocycles. The first-order valence-corrected chi connectivity index (χ1v) is 7.00. The summed E-state index contributed by atoms with van der Waals surface area (Å²) in [6.07, 6.45) is 2.19. The van der Waals surface area contributed by atoms with E-state index in [1.54, 1.807) is 0 Å². The molecular weight excluding hydrogens is 272 g/mol. The molecule has 0 radical (unpaired) electrons. The van der Waals surface area contributed by atoms with Crippen molar-refractivity contribution in [2.75, 3.05) is 6.54 Å². The van der Waals surface area contributed by atoms with Gasteiger partial charge < -0.3 is 11.1 Å². The lowest BCUT2D eigenvalue weighted by Gasteiger charge is -2.31. The van der Waals surface area contributed by atoms with Gasteiger partial charge in [-0.15, -0.1) is 12.4 Å². The summed E-state index contributed by atoms with van der Waals surface area (Å²) in [6, 6.07) is 10.1. The van der Waals surface area contributed by atoms with Crippen molar-refractivity contribution in [1.29, 1.82) is 0 Å². The Labute approximate surface area is 128 Å². The summed E-state index contributed by atoms with van der Waals surface area (Å²) in [6.45, 7) is 6.78. The normalized spacial score (nSPS) is 13.4. The molecule has 1 rings (SSSR count). The first-order chi connectivity index (χ1) is 8.95. The fraction of sp³-hybridized carbons (Fsp3) is 0.562. The van der Waals surface area contributed by atoms with Crippen LogP contribution in [0, 0.1) is 5.92 Å². The van der Waals surface area contributed by atoms with Gasteiger partial charge in [0.2, 0.25) is 5.91 Å². The summed E-state index contributed by atoms with van der Waals surface area (Å²) in [5.74, 6) is 0.598. The van der Waals surface area contributed by atoms with Crippen molar-refractivity contribution >= 4 is 18.3 Å². The summed E-state index contributed by atoms with van der Waals surface area (Å²) in [5.41, 5.74) is 6.70. The van der Waals surface area contributed by atoms with E-state index in [0.717, 1.165) is 12.8 Å². The highest BCUT2D eigenvalue weighted by Crippen LogP contribution is 2.15. The second-order valence-electron chi connectivity index (χ2n) is 5.90. The molecule has 0 bridgehead atoms. The molecule has 4 heteroatoms. The van der Waals surface area contributed by atoms with Crippen LogP contribution in [0.15, 0.2) is 30.3 Å². The molecule has 0 fully saturated rings. The molecule has 1 aromatic rings. The summed E-state index contributed by atoms with van der Waals surface area (Å²) in [4.78, 5) is 12.0. The van der Waals surface area contributed by atoms with E-state index >= 15 is 0 Å². The largest absolute Gasteiger partial charge is 0.350 e. The molecule has 0 aliphatic carbocycles. The zero-order valence-electron chi connectivity index (χ0n) is 12.7. The van der Waals surface area contributed by atoms with Crippen LogP contribution in [0.5, 0.6) is 0 Å². The highest BCUT2D eigenvalue weighted by atomic mass is 35.5. The van der Waals surface area contributed by atoms with Crippen LogP contribution in [0.3, 0.4) is 0 Å². The van der Waals surface area contributed by atoms with E-state index < -0.39 is 0 Å². The van der Waals surface area contributed by atoms with Crippen molar-refractivity contribution in [2.24, 2.45) is 11.7 Å². The van der Waals surface area contributed by atoms with E-state index in [4.69, 9.17) is 5.73 Å². The molecular formula is C16H27ClN2O. The van der Waals surface area contributed by atoms with Gasteiger partial charge in [0, 0.05) is 18.5 Å². The maximum atomic E-state index is 12.0. The molecule has 0 aromatic heterocycles. The molecule has 0 aliphatic rings. The van der Waals surface area contributed by atoms with E-state index in [1.807, 2.05) is 37.3 Å². The predicted molar refractivity (Wildman–Crippen MR) is 87.1 cm³/mol. The summed E-state index contributed by atoms with van der Waals surface area (Å²) < 4.78 is 0. The number of nitrogens with two attached hydrogens (primary N) is 1. The van der Waals surface area contributed by atoms with Crippen LogP contribution in [-0.4, -0.2) is 18.0 Å². The zero-order chi connectivity index (χ0) is 14.3. The Hall–Kier alpha value is -1.06. The number of hydrogen-bond acceptors (Lipinski definition) is 2. The lowest BCUT2D eigenvalue weighted by molar-refractivity contribution is -0.122. The number of amides is 1. The van der Waals surface area contributed by atoms with E-state index in [1.165, 1.54) is 5.56 Å². The summed E-state index contributed by atoms with van der Waals surface area (Å²) in [5, 5.41) is 3.08. The minimum Gasteiger partial charge on any atom is -0.350 e. The average molecular weight is 299 g/mol. The molecule has 1 unspecified atom stereocenters. The first-order valence-electron chi connectivity index (χ1n) is 7.00. The van der Waals surface area contributed by atoms with Gasteiger partial charge in [0.25, 0.3) is 0 Å². The first kappa shape index (κ1) is 18.9. The molecule has 114 valence electrons. The van der Waals surface area contributed by atoms with Gasteiger partial charge in [-0.05, 0) is 31.2 Å². The molecule has 3 nitrogen and oxygen atoms in total. The highest BCUT2D eigenvalue weighted by molar-refractivity contribution is 5.85. The van der Waals surface area contributed by atoms with Crippen LogP contribution in [0.2, 0.25) is 0 Å². The number of rotatable bonds is 7. The minimum atomic E-state index is -0.290. The lowest BCUT2D eigenvalue weighted by atomic mass is 9.90. The van der Waals surface area contributed by atoms with Crippen molar-refractivity contribution in [1.82, 2.24) is 5.32 Å². The molecule has 1 amide bonds. The molecule has 0 saturated heterocycles. The van der Waals surface area contributed by atoms with Crippen LogP contribution in [0.25, 0.3) is 0 Å². The zero-order valence-corrected chi connectivity index (χ0v) is 13.5. The van der Waals surface area contributed by atoms with Crippen LogP contribution in [-0.2, 0) is 11.2 Å². The maximum absolute atomic E-state index is 12.0. The number of halogens is 1. The molecule has 1 atom stereocenters. The number of nitrogens with one attached hydrogen (secondary N) is 1. The van der Waals surface area contributed by atoms with Crippen LogP contribution in [0.4, 0.5) is 0 Å². The Morgan fingerprint density at radius 3 is 2.40 bits per heavy atom. The number of hydrogen-bond donors (Lipinski definition) is 2. The standard InChI is InChI=1S/C16H26N2O.ClH/c1-13(2)11-16(3,12-17)18-15(19)10-9-14-7-5-4-6-8-14;/h4-8,13H,9-12,17H2,1-3H3,(H,18,19);1H. The minimum absolute atomic E-state index is 0. The van der Waals surface area contributed by atoms with Gasteiger partial charge in [-0.3, -0.25) is 4.79 Å². The van der Waals surface area contributed by atoms with Gasteiger partial charge in [0.1, 0.15) is 0 Å². The Balaban J connectivity index is 0.00000361. The average Bonchev–Trinajstić information content (AvgIpc) is 2.36. The van der Waals surface area contributed by atoms with Crippen molar-refractivity contribution in [3.8, 4) is 0 Å². The summed E-state index contributed by atoms with van der Waals surface area (Å²) in [7, 11) is 0. The highest BCUT2D eigenvalue weighted by Gasteiger charge is 2.25. The van der Waals surface area contributed by atoms with Gasteiger partial charge in [0.15, 0.2) is 0 Å². The maximum Gasteiger partial charge on any atom is 0.220 e. The van der Waals surface area contributed by atoms with E-state index in [0.29, 0.717) is 18.9 Å². The Kier molecular flexibility index (Phi) is 8.51. The molecule has 0 heterocycles. The second kappa shape index (κ2) is 8.98. The SMILES string of the molecule is CC(C)CC(C)(CN)NC(=O)CCc1ccccc1.Cl. The number of benzene rings is 1. The topological polar surface area (TPSA) is 55.1 Å². The van der Waals surface area contributed by atoms with Crippen LogP contribution >= 0.6 is 12.4 Å². The molecule has 3 N–H and O–H groups in total. The second-order valence-corrected chi connectivity index (χ2v) is 5.90. The third-order valence-corrected chi connectivity index (χ3v) is 3.23. The van der Waals surface area contributed by atoms with Gasteiger partial charge in [-0.2, -0.15) is 0 Å². The molecule has 0 aliphatic heterocycles. The summed E-state index contributed by atoms with van der Waals surface area (Å²) >= 11 is 0. The Bertz CT molecular complexity index is 395. The Morgan fingerprint density at radius 2 is 1.90 bits per heavy atom. The number of carbonyl (C=O) groups is 1. The molecule has 0 saturated carbocycles. The van der Waals surface area contributed by atoms with Gasteiger partial charge in [0.05, 0.1) is 0 Å². The van der Waals surface area contributed by atoms with Crippen molar-refractivity contribution in [3.05, 3.63) is 35.9 Å². The van der Waals surface area contributed by atoms with Crippen LogP contribution < -0.4 is 11.1 Å². The fourth-order valence-corrected chi connectivity index (χ4v) is 2.39. The van der Waals surface area contributed by atoms with Gasteiger partial charge in [-0.25, -0.2) is 0 Å². The Morgan fingerprint density at radius 1 is 1.30 bits per heavy atom. The van der Waals surface area contributed by atoms with Crippen molar-refractivity contribution in [2.45, 2.75) is 45.6 Å². The van der Waals surface area contributed by atoms with Crippen molar-refractivity contribution < 1.29 is 4.79 Å². The number of aryl methyl sites for hydroxylation is 1.